The number of rotatable bonds is 2. The highest BCUT2D eigenvalue weighted by atomic mass is 15.0. The molecule has 0 N–H and O–H groups in total. The largest absolute Gasteiger partial charge is 0.309 e. The van der Waals surface area contributed by atoms with Crippen LogP contribution in [0.4, 0.5) is 0 Å². The van der Waals surface area contributed by atoms with Crippen LogP contribution in [0.1, 0.15) is 0 Å². The van der Waals surface area contributed by atoms with Crippen LogP contribution in [0.2, 0.25) is 0 Å². The highest BCUT2D eigenvalue weighted by molar-refractivity contribution is 6.23. The van der Waals surface area contributed by atoms with Crippen LogP contribution in [-0.4, -0.2) is 8.97 Å². The van der Waals surface area contributed by atoms with Crippen molar-refractivity contribution in [1.29, 1.82) is 0 Å². The molecule has 9 rings (SSSR count). The minimum atomic E-state index is 1.19. The molecule has 9 aromatic rings. The Balaban J connectivity index is 1.33. The normalized spacial score (nSPS) is 12.2. The lowest BCUT2D eigenvalue weighted by Gasteiger charge is -2.08. The SMILES string of the molecule is c1ccc(-n2c3ccccc3c3cc(-c4ccc5c6cccc7c8ccccc8n(c5c4)c76)ccc32)cc1. The van der Waals surface area contributed by atoms with Crippen molar-refractivity contribution in [3.05, 3.63) is 133 Å². The standard InChI is InChI=1S/C36H22N2/c1-2-9-25(10-3-1)37-32-15-6-5-12-27(32)31-21-23(18-20-34(31)37)24-17-19-28-30-14-8-13-29-26-11-4-7-16-33(26)38(36(29)30)35(28)22-24/h1-22H. The third-order valence-corrected chi connectivity index (χ3v) is 8.24. The van der Waals surface area contributed by atoms with Gasteiger partial charge in [0, 0.05) is 38.0 Å². The first-order valence-corrected chi connectivity index (χ1v) is 13.1. The summed E-state index contributed by atoms with van der Waals surface area (Å²) in [5.74, 6) is 0. The fourth-order valence-electron chi connectivity index (χ4n) is 6.62. The Hall–Kier alpha value is -5.08. The fourth-order valence-corrected chi connectivity index (χ4v) is 6.62. The quantitative estimate of drug-likeness (QED) is 0.232. The lowest BCUT2D eigenvalue weighted by molar-refractivity contribution is 1.18. The van der Waals surface area contributed by atoms with E-state index >= 15 is 0 Å². The van der Waals surface area contributed by atoms with Gasteiger partial charge < -0.3 is 8.97 Å². The highest BCUT2D eigenvalue weighted by Crippen LogP contribution is 2.41. The summed E-state index contributed by atoms with van der Waals surface area (Å²) in [5.41, 5.74) is 9.98. The number of fused-ring (bicyclic) bond motifs is 9. The highest BCUT2D eigenvalue weighted by Gasteiger charge is 2.18. The zero-order valence-corrected chi connectivity index (χ0v) is 20.6. The summed E-state index contributed by atoms with van der Waals surface area (Å²) in [4.78, 5) is 0. The van der Waals surface area contributed by atoms with Gasteiger partial charge in [0.05, 0.1) is 27.6 Å². The zero-order valence-electron chi connectivity index (χ0n) is 20.6. The third kappa shape index (κ3) is 2.51. The molecule has 0 aliphatic carbocycles. The van der Waals surface area contributed by atoms with Gasteiger partial charge in [-0.25, -0.2) is 0 Å². The Bertz CT molecular complexity index is 2330. The van der Waals surface area contributed by atoms with E-state index in [2.05, 4.69) is 142 Å². The molecule has 0 aliphatic rings. The summed E-state index contributed by atoms with van der Waals surface area (Å²) >= 11 is 0. The average Bonchev–Trinajstić information content (AvgIpc) is 3.62. The van der Waals surface area contributed by atoms with Gasteiger partial charge >= 0.3 is 0 Å². The maximum atomic E-state index is 2.46. The Morgan fingerprint density at radius 2 is 0.921 bits per heavy atom. The molecule has 2 heteroatoms. The maximum Gasteiger partial charge on any atom is 0.0620 e. The molecule has 0 unspecified atom stereocenters. The molecular formula is C36H22N2. The van der Waals surface area contributed by atoms with Crippen LogP contribution in [0.5, 0.6) is 0 Å². The van der Waals surface area contributed by atoms with E-state index in [1.54, 1.807) is 0 Å². The van der Waals surface area contributed by atoms with Crippen molar-refractivity contribution >= 4 is 59.9 Å². The molecule has 3 heterocycles. The van der Waals surface area contributed by atoms with Gasteiger partial charge in [-0.05, 0) is 53.6 Å². The molecule has 0 fully saturated rings. The number of hydrogen-bond donors (Lipinski definition) is 0. The van der Waals surface area contributed by atoms with E-state index in [1.165, 1.54) is 76.7 Å². The van der Waals surface area contributed by atoms with Gasteiger partial charge in [0.15, 0.2) is 0 Å². The van der Waals surface area contributed by atoms with Crippen LogP contribution in [-0.2, 0) is 0 Å². The third-order valence-electron chi connectivity index (χ3n) is 8.24. The molecule has 6 aromatic carbocycles. The molecule has 2 nitrogen and oxygen atoms in total. The first-order chi connectivity index (χ1) is 18.9. The molecule has 0 bridgehead atoms. The van der Waals surface area contributed by atoms with Gasteiger partial charge in [0.2, 0.25) is 0 Å². The number of para-hydroxylation sites is 4. The molecule has 3 aromatic heterocycles. The average molecular weight is 483 g/mol. The first kappa shape index (κ1) is 20.0. The summed E-state index contributed by atoms with van der Waals surface area (Å²) < 4.78 is 4.83. The Kier molecular flexibility index (Phi) is 3.82. The van der Waals surface area contributed by atoms with Crippen LogP contribution in [0.3, 0.4) is 0 Å². The van der Waals surface area contributed by atoms with E-state index < -0.39 is 0 Å². The molecule has 0 saturated carbocycles. The molecule has 0 saturated heterocycles. The van der Waals surface area contributed by atoms with Crippen molar-refractivity contribution < 1.29 is 0 Å². The van der Waals surface area contributed by atoms with Crippen molar-refractivity contribution in [3.8, 4) is 16.8 Å². The Morgan fingerprint density at radius 1 is 0.342 bits per heavy atom. The molecule has 0 amide bonds. The maximum absolute atomic E-state index is 2.46. The summed E-state index contributed by atoms with van der Waals surface area (Å²) in [6.45, 7) is 0. The summed E-state index contributed by atoms with van der Waals surface area (Å²) in [7, 11) is 0. The molecule has 0 spiro atoms. The van der Waals surface area contributed by atoms with Crippen molar-refractivity contribution in [3.63, 3.8) is 0 Å². The summed E-state index contributed by atoms with van der Waals surface area (Å²) in [5, 5.41) is 7.82. The summed E-state index contributed by atoms with van der Waals surface area (Å²) in [6.07, 6.45) is 0. The van der Waals surface area contributed by atoms with E-state index in [-0.39, 0.29) is 0 Å². The van der Waals surface area contributed by atoms with Crippen molar-refractivity contribution in [2.75, 3.05) is 0 Å². The van der Waals surface area contributed by atoms with E-state index in [9.17, 15) is 0 Å². The Morgan fingerprint density at radius 3 is 1.74 bits per heavy atom. The molecule has 0 aliphatic heterocycles. The van der Waals surface area contributed by atoms with Crippen molar-refractivity contribution in [1.82, 2.24) is 8.97 Å². The minimum Gasteiger partial charge on any atom is -0.309 e. The minimum absolute atomic E-state index is 1.19. The van der Waals surface area contributed by atoms with Gasteiger partial charge in [0.25, 0.3) is 0 Å². The van der Waals surface area contributed by atoms with Crippen LogP contribution in [0.25, 0.3) is 76.7 Å². The molecule has 176 valence electrons. The molecule has 38 heavy (non-hydrogen) atoms. The Labute approximate surface area is 218 Å². The second kappa shape index (κ2) is 7.24. The van der Waals surface area contributed by atoms with Gasteiger partial charge in [-0.2, -0.15) is 0 Å². The number of aromatic nitrogens is 2. The predicted octanol–water partition coefficient (Wildman–Crippen LogP) is 9.60. The zero-order chi connectivity index (χ0) is 24.8. The van der Waals surface area contributed by atoms with Crippen LogP contribution in [0, 0.1) is 0 Å². The predicted molar refractivity (Wildman–Crippen MR) is 161 cm³/mol. The van der Waals surface area contributed by atoms with Crippen LogP contribution < -0.4 is 0 Å². The van der Waals surface area contributed by atoms with Gasteiger partial charge in [-0.15, -0.1) is 0 Å². The van der Waals surface area contributed by atoms with Crippen molar-refractivity contribution in [2.24, 2.45) is 0 Å². The monoisotopic (exact) mass is 482 g/mol. The van der Waals surface area contributed by atoms with E-state index in [1.807, 2.05) is 0 Å². The van der Waals surface area contributed by atoms with Crippen molar-refractivity contribution in [2.45, 2.75) is 0 Å². The van der Waals surface area contributed by atoms with E-state index in [4.69, 9.17) is 0 Å². The second-order valence-corrected chi connectivity index (χ2v) is 10.2. The van der Waals surface area contributed by atoms with Crippen LogP contribution in [0.15, 0.2) is 133 Å². The van der Waals surface area contributed by atoms with Crippen LogP contribution >= 0.6 is 0 Å². The smallest absolute Gasteiger partial charge is 0.0620 e. The fraction of sp³-hybridized carbons (Fsp3) is 0. The van der Waals surface area contributed by atoms with Gasteiger partial charge in [-0.1, -0.05) is 91.0 Å². The lowest BCUT2D eigenvalue weighted by atomic mass is 10.0. The molecule has 0 radical (unpaired) electrons. The second-order valence-electron chi connectivity index (χ2n) is 10.2. The molecular weight excluding hydrogens is 460 g/mol. The number of nitrogens with zero attached hydrogens (tertiary/aromatic N) is 2. The van der Waals surface area contributed by atoms with Gasteiger partial charge in [-0.3, -0.25) is 0 Å². The lowest BCUT2D eigenvalue weighted by Crippen LogP contribution is -1.92. The van der Waals surface area contributed by atoms with E-state index in [0.717, 1.165) is 0 Å². The van der Waals surface area contributed by atoms with E-state index in [0.29, 0.717) is 0 Å². The summed E-state index contributed by atoms with van der Waals surface area (Å²) in [6, 6.07) is 48.7. The first-order valence-electron chi connectivity index (χ1n) is 13.1. The number of benzene rings is 6. The number of hydrogen-bond acceptors (Lipinski definition) is 0. The topological polar surface area (TPSA) is 9.34 Å². The van der Waals surface area contributed by atoms with Gasteiger partial charge in [0.1, 0.15) is 0 Å². The molecule has 0 atom stereocenters.